The number of benzene rings is 1. The molecule has 0 spiro atoms. The van der Waals surface area contributed by atoms with Crippen LogP contribution in [0.5, 0.6) is 5.75 Å². The normalized spacial score (nSPS) is 25.5. The summed E-state index contributed by atoms with van der Waals surface area (Å²) < 4.78 is 140. The summed E-state index contributed by atoms with van der Waals surface area (Å²) >= 11 is 1.08. The summed E-state index contributed by atoms with van der Waals surface area (Å²) in [7, 11) is 0. The monoisotopic (exact) mass is 1300 g/mol. The molecular formula is C52H66F6N6O24S. The predicted molar refractivity (Wildman–Crippen MR) is 283 cm³/mol. The van der Waals surface area contributed by atoms with Crippen LogP contribution >= 0.6 is 11.8 Å². The van der Waals surface area contributed by atoms with Crippen molar-refractivity contribution < 1.29 is 142 Å². The van der Waals surface area contributed by atoms with E-state index in [0.29, 0.717) is 15.3 Å². The molecule has 30 nitrogen and oxygen atoms in total. The number of aromatic nitrogens is 1. The first-order chi connectivity index (χ1) is 42.2. The number of amides is 6. The minimum Gasteiger partial charge on any atom is -0.492 e. The molecule has 0 bridgehead atoms. The Kier molecular flexibility index (Phi) is 25.3. The Bertz CT molecular complexity index is 2830. The van der Waals surface area contributed by atoms with E-state index in [1.54, 1.807) is 6.07 Å². The highest BCUT2D eigenvalue weighted by atomic mass is 32.2. The van der Waals surface area contributed by atoms with Crippen LogP contribution in [0, 0.1) is 0 Å². The van der Waals surface area contributed by atoms with E-state index in [-0.39, 0.29) is 114 Å². The number of halogens is 6. The van der Waals surface area contributed by atoms with Gasteiger partial charge in [-0.1, -0.05) is 0 Å². The number of ketones is 1. The van der Waals surface area contributed by atoms with Gasteiger partial charge in [0.05, 0.1) is 76.0 Å². The van der Waals surface area contributed by atoms with Crippen molar-refractivity contribution in [3.8, 4) is 5.75 Å². The topological polar surface area (TPSA) is 375 Å². The van der Waals surface area contributed by atoms with Crippen molar-refractivity contribution in [2.24, 2.45) is 0 Å². The number of ether oxygens (including phenoxy) is 11. The van der Waals surface area contributed by atoms with Crippen molar-refractivity contribution in [1.29, 1.82) is 0 Å². The molecule has 89 heavy (non-hydrogen) atoms. The molecule has 0 radical (unpaired) electrons. The third-order valence-electron chi connectivity index (χ3n) is 14.1. The van der Waals surface area contributed by atoms with Gasteiger partial charge >= 0.3 is 36.1 Å². The van der Waals surface area contributed by atoms with Crippen LogP contribution in [0.15, 0.2) is 24.4 Å². The molecule has 496 valence electrons. The summed E-state index contributed by atoms with van der Waals surface area (Å²) in [4.78, 5) is 114. The summed E-state index contributed by atoms with van der Waals surface area (Å²) in [6.07, 6.45) is -22.4. The number of Topliss-reactive ketones (excluding diaryl/α,β-unsaturated/α-hetero) is 1. The molecule has 7 rings (SSSR count). The summed E-state index contributed by atoms with van der Waals surface area (Å²) in [5, 5.41) is 46.7. The average Bonchev–Trinajstić information content (AvgIpc) is 1.45. The summed E-state index contributed by atoms with van der Waals surface area (Å²) in [5.41, 5.74) is 0.335. The van der Waals surface area contributed by atoms with Gasteiger partial charge in [0.2, 0.25) is 23.6 Å². The lowest BCUT2D eigenvalue weighted by atomic mass is 9.94. The average molecular weight is 1310 g/mol. The van der Waals surface area contributed by atoms with Crippen LogP contribution in [0.3, 0.4) is 0 Å². The number of nitrogens with zero attached hydrogens (tertiary/aromatic N) is 4. The maximum atomic E-state index is 13.6. The predicted octanol–water partition coefficient (Wildman–Crippen LogP) is -3.06. The van der Waals surface area contributed by atoms with Gasteiger partial charge in [0.1, 0.15) is 99.8 Å². The minimum atomic E-state index is -5.25. The van der Waals surface area contributed by atoms with Gasteiger partial charge in [0.25, 0.3) is 0 Å². The number of thioether (sulfide) groups is 1. The van der Waals surface area contributed by atoms with Crippen molar-refractivity contribution >= 4 is 75.8 Å². The van der Waals surface area contributed by atoms with E-state index in [1.165, 1.54) is 29.8 Å². The molecule has 6 heterocycles. The molecule has 0 saturated carbocycles. The number of nitrogens with one attached hydrogen (secondary N) is 2. The zero-order valence-corrected chi connectivity index (χ0v) is 48.2. The Hall–Kier alpha value is -6.36. The van der Waals surface area contributed by atoms with Crippen molar-refractivity contribution in [2.75, 3.05) is 124 Å². The SMILES string of the molecule is CC(=O)CSC1CC(=O)N(CCOc2ccc3c(c2)c(C(=O)OCCOCCOCC(=O)NC[C@H]2O[C@H]4OCCN(C(=O)C(F)(F)F)[C@H]4[C@@H](O)[C@H]2O)cn3CC(=O)OCCOCCOCC(=O)NCC2O[C@H]3OCCN(C(=O)C(F)(F)F)[C@H]3[C@@H](O)[C@H]2O)C1=O. The Morgan fingerprint density at radius 2 is 1.18 bits per heavy atom. The molecule has 1 aromatic carbocycles. The second-order valence-electron chi connectivity index (χ2n) is 20.3. The molecule has 5 saturated heterocycles. The highest BCUT2D eigenvalue weighted by molar-refractivity contribution is 8.01. The van der Waals surface area contributed by atoms with Gasteiger partial charge in [-0.25, -0.2) is 4.79 Å². The first kappa shape index (κ1) is 70.1. The number of esters is 2. The van der Waals surface area contributed by atoms with Gasteiger partial charge in [-0.2, -0.15) is 26.3 Å². The lowest BCUT2D eigenvalue weighted by molar-refractivity contribution is -0.300. The van der Waals surface area contributed by atoms with Gasteiger partial charge in [-0.3, -0.25) is 43.3 Å². The van der Waals surface area contributed by atoms with Crippen molar-refractivity contribution in [2.45, 2.75) is 98.8 Å². The molecular weight excluding hydrogens is 1240 g/mol. The van der Waals surface area contributed by atoms with Crippen molar-refractivity contribution in [3.05, 3.63) is 30.0 Å². The van der Waals surface area contributed by atoms with Crippen LogP contribution in [0.25, 0.3) is 10.9 Å². The molecule has 0 aliphatic carbocycles. The highest BCUT2D eigenvalue weighted by Gasteiger charge is 2.57. The lowest BCUT2D eigenvalue weighted by Gasteiger charge is -2.49. The number of alkyl halides is 6. The number of aliphatic hydroxyl groups is 4. The molecule has 5 aliphatic rings. The quantitative estimate of drug-likeness (QED) is 0.0196. The van der Waals surface area contributed by atoms with Crippen LogP contribution in [-0.4, -0.2) is 296 Å². The Morgan fingerprint density at radius 1 is 0.674 bits per heavy atom. The fourth-order valence-electron chi connectivity index (χ4n) is 9.86. The molecule has 5 aliphatic heterocycles. The van der Waals surface area contributed by atoms with Crippen molar-refractivity contribution in [1.82, 2.24) is 29.9 Å². The second-order valence-corrected chi connectivity index (χ2v) is 21.5. The number of likely N-dealkylation sites (tertiary alicyclic amines) is 1. The maximum absolute atomic E-state index is 13.6. The van der Waals surface area contributed by atoms with Gasteiger partial charge in [-0.15, -0.1) is 11.8 Å². The van der Waals surface area contributed by atoms with Gasteiger partial charge in [0.15, 0.2) is 12.6 Å². The number of hydrogen-bond acceptors (Lipinski definition) is 25. The zero-order valence-electron chi connectivity index (χ0n) is 47.4. The number of aliphatic hydroxyl groups excluding tert-OH is 4. The standard InChI is InChI=1S/C52H66F6N6O24S/c1-27(65)26-89-34-19-37(68)62(45(34)74)4-7-82-28-2-3-31-29(18-28)30(46(75)84-17-15-79-11-13-81-25-36(67)60-21-33-42(71)44(73)40-48(88-33)86-9-6-64(40)50(77)52(56,57)58)22-61(31)23-38(69)83-16-14-78-10-12-80-24-35(66)59-20-32-41(70)43(72)39-47(87-32)85-8-5-63(39)49(76)51(53,54)55/h2-3,18,22,32-34,39-44,47-48,70-73H,4-17,19-21,23-26H2,1H3,(H,59,66)(H,60,67)/t32?,33-,34?,39+,40+,41+,42+,43-,44-,47-,48-/m1/s1. The molecule has 2 unspecified atom stereocenters. The molecule has 2 aromatic rings. The zero-order chi connectivity index (χ0) is 64.7. The first-order valence-electron chi connectivity index (χ1n) is 27.6. The van der Waals surface area contributed by atoms with E-state index in [4.69, 9.17) is 52.1 Å². The summed E-state index contributed by atoms with van der Waals surface area (Å²) in [6.45, 7) is -4.04. The number of imide groups is 1. The molecule has 5 fully saturated rings. The molecule has 6 amide bonds. The number of fused-ring (bicyclic) bond motifs is 3. The first-order valence-corrected chi connectivity index (χ1v) is 28.7. The Balaban J connectivity index is 0.818. The third kappa shape index (κ3) is 18.9. The number of carbonyl (C=O) groups excluding carboxylic acids is 9. The molecule has 1 aromatic heterocycles. The number of hydrogen-bond donors (Lipinski definition) is 6. The van der Waals surface area contributed by atoms with Gasteiger partial charge in [0, 0.05) is 49.7 Å². The summed E-state index contributed by atoms with van der Waals surface area (Å²) in [5.74, 6) is -8.24. The van der Waals surface area contributed by atoms with Crippen LogP contribution in [0.4, 0.5) is 26.3 Å². The minimum absolute atomic E-state index is 0.0193. The Morgan fingerprint density at radius 3 is 1.70 bits per heavy atom. The Labute approximate surface area is 505 Å². The fraction of sp³-hybridized carbons (Fsp3) is 0.673. The van der Waals surface area contributed by atoms with Crippen LogP contribution < -0.4 is 15.4 Å². The molecule has 11 atom stereocenters. The highest BCUT2D eigenvalue weighted by Crippen LogP contribution is 2.34. The fourth-order valence-corrected chi connectivity index (χ4v) is 10.8. The molecule has 37 heteroatoms. The number of morpholine rings is 2. The third-order valence-corrected chi connectivity index (χ3v) is 15.4. The van der Waals surface area contributed by atoms with E-state index in [9.17, 15) is 89.9 Å². The smallest absolute Gasteiger partial charge is 0.471 e. The van der Waals surface area contributed by atoms with E-state index in [2.05, 4.69) is 10.6 Å². The van der Waals surface area contributed by atoms with Crippen LogP contribution in [0.1, 0.15) is 23.7 Å². The second kappa shape index (κ2) is 32.1. The van der Waals surface area contributed by atoms with E-state index in [1.807, 2.05) is 0 Å². The van der Waals surface area contributed by atoms with Crippen LogP contribution in [-0.2, 0) is 92.3 Å². The van der Waals surface area contributed by atoms with E-state index < -0.39 is 172 Å². The maximum Gasteiger partial charge on any atom is 0.471 e. The number of rotatable bonds is 30. The lowest BCUT2D eigenvalue weighted by Crippen LogP contribution is -2.70. The summed E-state index contributed by atoms with van der Waals surface area (Å²) in [6, 6.07) is 1.23. The molecule has 6 N–H and O–H groups in total. The largest absolute Gasteiger partial charge is 0.492 e. The number of carbonyl (C=O) groups is 9. The van der Waals surface area contributed by atoms with Gasteiger partial charge in [-0.05, 0) is 25.1 Å². The van der Waals surface area contributed by atoms with Gasteiger partial charge < -0.3 is 97.5 Å². The van der Waals surface area contributed by atoms with E-state index >= 15 is 0 Å². The van der Waals surface area contributed by atoms with Crippen LogP contribution in [0.2, 0.25) is 0 Å². The van der Waals surface area contributed by atoms with Crippen molar-refractivity contribution in [3.63, 3.8) is 0 Å². The van der Waals surface area contributed by atoms with E-state index in [0.717, 1.165) is 16.7 Å².